The highest BCUT2D eigenvalue weighted by atomic mass is 79.9. The SMILES string of the molecule is CC(C)(C)OC(=O)NC(OCC[Si](C)(C)C)C1=N[C@](C)(c2cc(Br)ccc2F)[C@@H]2C[C@]2(C(N)=O)S1. The molecule has 0 aromatic heterocycles. The lowest BCUT2D eigenvalue weighted by atomic mass is 9.85. The minimum atomic E-state index is -1.43. The summed E-state index contributed by atoms with van der Waals surface area (Å²) >= 11 is 4.62. The molecule has 1 aliphatic carbocycles. The summed E-state index contributed by atoms with van der Waals surface area (Å²) in [5.41, 5.74) is 4.43. The molecule has 1 aliphatic heterocycles. The summed E-state index contributed by atoms with van der Waals surface area (Å²) in [7, 11) is -1.43. The third-order valence-corrected chi connectivity index (χ3v) is 9.85. The molecule has 0 bridgehead atoms. The molecule has 0 saturated heterocycles. The average molecular weight is 589 g/mol. The van der Waals surface area contributed by atoms with Gasteiger partial charge in [0, 0.05) is 30.6 Å². The first-order valence-corrected chi connectivity index (χ1v) is 16.9. The fourth-order valence-corrected chi connectivity index (χ4v) is 6.82. The second-order valence-electron chi connectivity index (χ2n) is 11.5. The van der Waals surface area contributed by atoms with Gasteiger partial charge < -0.3 is 15.2 Å². The maximum absolute atomic E-state index is 15.0. The van der Waals surface area contributed by atoms with Gasteiger partial charge in [0.05, 0.1) is 5.54 Å². The molecule has 3 rings (SSSR count). The van der Waals surface area contributed by atoms with Crippen molar-refractivity contribution in [3.63, 3.8) is 0 Å². The van der Waals surface area contributed by atoms with Crippen LogP contribution < -0.4 is 11.1 Å². The molecule has 0 spiro atoms. The minimum Gasteiger partial charge on any atom is -0.444 e. The number of aliphatic imine (C=N–C) groups is 1. The van der Waals surface area contributed by atoms with Crippen LogP contribution in [-0.4, -0.2) is 48.3 Å². The Kier molecular flexibility index (Phi) is 7.87. The Morgan fingerprint density at radius 2 is 2.03 bits per heavy atom. The maximum Gasteiger partial charge on any atom is 0.410 e. The Bertz CT molecular complexity index is 1040. The summed E-state index contributed by atoms with van der Waals surface area (Å²) in [6, 6.07) is 5.53. The molecule has 11 heteroatoms. The van der Waals surface area contributed by atoms with E-state index in [1.165, 1.54) is 17.8 Å². The molecule has 0 radical (unpaired) electrons. The number of carbonyl (C=O) groups excluding carboxylic acids is 2. The average Bonchev–Trinajstić information content (AvgIpc) is 3.44. The Hall–Kier alpha value is -1.43. The van der Waals surface area contributed by atoms with E-state index in [9.17, 15) is 9.59 Å². The topological polar surface area (TPSA) is 103 Å². The lowest BCUT2D eigenvalue weighted by Gasteiger charge is -2.36. The molecule has 3 N–H and O–H groups in total. The highest BCUT2D eigenvalue weighted by molar-refractivity contribution is 9.10. The van der Waals surface area contributed by atoms with E-state index in [-0.39, 0.29) is 5.92 Å². The number of primary amides is 1. The number of hydrogen-bond acceptors (Lipinski definition) is 6. The molecule has 2 amide bonds. The maximum atomic E-state index is 15.0. The number of thioether (sulfide) groups is 1. The summed E-state index contributed by atoms with van der Waals surface area (Å²) in [6.45, 7) is 14.2. The molecule has 194 valence electrons. The van der Waals surface area contributed by atoms with Gasteiger partial charge in [0.2, 0.25) is 5.91 Å². The van der Waals surface area contributed by atoms with Crippen LogP contribution in [-0.2, 0) is 19.8 Å². The molecule has 7 nitrogen and oxygen atoms in total. The lowest BCUT2D eigenvalue weighted by Crippen LogP contribution is -2.49. The zero-order valence-corrected chi connectivity index (χ0v) is 24.7. The number of rotatable bonds is 8. The van der Waals surface area contributed by atoms with Crippen molar-refractivity contribution in [2.45, 2.75) is 81.9 Å². The van der Waals surface area contributed by atoms with Crippen LogP contribution in [0, 0.1) is 11.7 Å². The number of nitrogens with one attached hydrogen (secondary N) is 1. The summed E-state index contributed by atoms with van der Waals surface area (Å²) in [5, 5.41) is 3.14. The van der Waals surface area contributed by atoms with Gasteiger partial charge in [0.25, 0.3) is 0 Å². The van der Waals surface area contributed by atoms with Gasteiger partial charge in [-0.2, -0.15) is 0 Å². The number of amides is 2. The summed E-state index contributed by atoms with van der Waals surface area (Å²) in [6.07, 6.45) is -1.17. The van der Waals surface area contributed by atoms with Crippen molar-refractivity contribution in [3.8, 4) is 0 Å². The molecular weight excluding hydrogens is 553 g/mol. The van der Waals surface area contributed by atoms with E-state index >= 15 is 4.39 Å². The molecule has 1 unspecified atom stereocenters. The van der Waals surface area contributed by atoms with E-state index in [4.69, 9.17) is 20.2 Å². The summed E-state index contributed by atoms with van der Waals surface area (Å²) in [5.74, 6) is -1.19. The number of alkyl carbamates (subject to hydrolysis) is 1. The van der Waals surface area contributed by atoms with Gasteiger partial charge in [0.15, 0.2) is 6.23 Å². The molecule has 2 aliphatic rings. The second-order valence-corrected chi connectivity index (χ2v) is 19.4. The van der Waals surface area contributed by atoms with Gasteiger partial charge in [-0.15, -0.1) is 0 Å². The van der Waals surface area contributed by atoms with Crippen molar-refractivity contribution in [1.82, 2.24) is 5.32 Å². The van der Waals surface area contributed by atoms with Crippen LogP contribution in [0.5, 0.6) is 0 Å². The molecule has 35 heavy (non-hydrogen) atoms. The van der Waals surface area contributed by atoms with E-state index in [0.29, 0.717) is 28.1 Å². The number of carbonyl (C=O) groups is 2. The number of ether oxygens (including phenoxy) is 2. The van der Waals surface area contributed by atoms with Crippen molar-refractivity contribution in [2.24, 2.45) is 16.6 Å². The van der Waals surface area contributed by atoms with Gasteiger partial charge in [-0.25, -0.2) is 9.18 Å². The van der Waals surface area contributed by atoms with Gasteiger partial charge in [0.1, 0.15) is 21.2 Å². The number of halogens is 2. The molecular formula is C24H35BrFN3O4SSi. The monoisotopic (exact) mass is 587 g/mol. The zero-order valence-electron chi connectivity index (χ0n) is 21.3. The number of benzene rings is 1. The standard InChI is InChI=1S/C24H35BrFN3O4SSi/c1-22(2,3)33-21(31)28-18(32-10-11-35(5,6)7)19-29-23(4,15-12-14(25)8-9-16(15)26)17-13-24(17,34-19)20(27)30/h8-9,12,17-18H,10-11,13H2,1-7H3,(H2,27,30)(H,28,31)/t17-,18?,23+,24-/m0/s1. The van der Waals surface area contributed by atoms with Crippen molar-refractivity contribution < 1.29 is 23.5 Å². The van der Waals surface area contributed by atoms with Gasteiger partial charge in [-0.05, 0) is 58.4 Å². The predicted octanol–water partition coefficient (Wildman–Crippen LogP) is 5.40. The molecule has 1 fully saturated rings. The van der Waals surface area contributed by atoms with Gasteiger partial charge >= 0.3 is 6.09 Å². The minimum absolute atomic E-state index is 0.283. The third-order valence-electron chi connectivity index (χ3n) is 6.12. The van der Waals surface area contributed by atoms with Crippen LogP contribution >= 0.6 is 27.7 Å². The Morgan fingerprint density at radius 1 is 1.37 bits per heavy atom. The normalized spacial score (nSPS) is 26.9. The molecule has 1 aromatic rings. The van der Waals surface area contributed by atoms with E-state index < -0.39 is 48.0 Å². The number of hydrogen-bond donors (Lipinski definition) is 2. The van der Waals surface area contributed by atoms with Crippen molar-refractivity contribution in [1.29, 1.82) is 0 Å². The van der Waals surface area contributed by atoms with Crippen LogP contribution in [0.3, 0.4) is 0 Å². The third kappa shape index (κ3) is 6.47. The van der Waals surface area contributed by atoms with Crippen molar-refractivity contribution >= 4 is 52.8 Å². The lowest BCUT2D eigenvalue weighted by molar-refractivity contribution is -0.118. The van der Waals surface area contributed by atoms with Gasteiger partial charge in [-0.1, -0.05) is 47.3 Å². The second kappa shape index (κ2) is 9.79. The van der Waals surface area contributed by atoms with E-state index in [1.54, 1.807) is 39.8 Å². The predicted molar refractivity (Wildman–Crippen MR) is 144 cm³/mol. The van der Waals surface area contributed by atoms with Crippen LogP contribution in [0.15, 0.2) is 27.7 Å². The first-order valence-electron chi connectivity index (χ1n) is 11.6. The molecule has 4 atom stereocenters. The fourth-order valence-electron chi connectivity index (χ4n) is 4.17. The molecule has 1 aromatic carbocycles. The highest BCUT2D eigenvalue weighted by Gasteiger charge is 2.70. The Balaban J connectivity index is 2.02. The molecule has 1 heterocycles. The highest BCUT2D eigenvalue weighted by Crippen LogP contribution is 2.66. The van der Waals surface area contributed by atoms with E-state index in [0.717, 1.165) is 6.04 Å². The Morgan fingerprint density at radius 3 is 2.60 bits per heavy atom. The number of nitrogens with two attached hydrogens (primary N) is 1. The van der Waals surface area contributed by atoms with E-state index in [1.807, 2.05) is 0 Å². The quantitative estimate of drug-likeness (QED) is 0.313. The van der Waals surface area contributed by atoms with Crippen LogP contribution in [0.25, 0.3) is 0 Å². The summed E-state index contributed by atoms with van der Waals surface area (Å²) < 4.78 is 26.4. The van der Waals surface area contributed by atoms with E-state index in [2.05, 4.69) is 40.9 Å². The first kappa shape index (κ1) is 28.1. The largest absolute Gasteiger partial charge is 0.444 e. The zero-order chi connectivity index (χ0) is 26.4. The first-order chi connectivity index (χ1) is 16.0. The van der Waals surface area contributed by atoms with Gasteiger partial charge in [-0.3, -0.25) is 15.1 Å². The number of nitrogens with zero attached hydrogens (tertiary/aromatic N) is 1. The Labute approximate surface area is 220 Å². The summed E-state index contributed by atoms with van der Waals surface area (Å²) in [4.78, 5) is 30.2. The fraction of sp³-hybridized carbons (Fsp3) is 0.625. The van der Waals surface area contributed by atoms with Crippen LogP contribution in [0.1, 0.15) is 39.7 Å². The number of fused-ring (bicyclic) bond motifs is 1. The smallest absolute Gasteiger partial charge is 0.410 e. The van der Waals surface area contributed by atoms with Crippen LogP contribution in [0.4, 0.5) is 9.18 Å². The van der Waals surface area contributed by atoms with Crippen LogP contribution in [0.2, 0.25) is 25.7 Å². The molecule has 1 saturated carbocycles. The van der Waals surface area contributed by atoms with Crippen molar-refractivity contribution in [3.05, 3.63) is 34.1 Å². The van der Waals surface area contributed by atoms with Crippen molar-refractivity contribution in [2.75, 3.05) is 6.61 Å².